The Morgan fingerprint density at radius 1 is 1.29 bits per heavy atom. The summed E-state index contributed by atoms with van der Waals surface area (Å²) in [6.07, 6.45) is 6.25. The predicted octanol–water partition coefficient (Wildman–Crippen LogP) is 3.02. The van der Waals surface area contributed by atoms with Crippen LogP contribution in [-0.4, -0.2) is 23.1 Å². The number of hydrogen-bond donors (Lipinski definition) is 1. The summed E-state index contributed by atoms with van der Waals surface area (Å²) in [6, 6.07) is 8.57. The summed E-state index contributed by atoms with van der Waals surface area (Å²) in [4.78, 5) is 11.0. The molecule has 1 aliphatic carbocycles. The zero-order chi connectivity index (χ0) is 14.7. The van der Waals surface area contributed by atoms with Crippen molar-refractivity contribution in [2.75, 3.05) is 11.9 Å². The lowest BCUT2D eigenvalue weighted by atomic mass is 10.2. The quantitative estimate of drug-likeness (QED) is 0.890. The van der Waals surface area contributed by atoms with E-state index in [4.69, 9.17) is 11.6 Å². The van der Waals surface area contributed by atoms with Gasteiger partial charge in [0, 0.05) is 31.2 Å². The number of rotatable bonds is 6. The van der Waals surface area contributed by atoms with Crippen LogP contribution in [0.5, 0.6) is 0 Å². The maximum absolute atomic E-state index is 6.01. The molecule has 0 radical (unpaired) electrons. The third kappa shape index (κ3) is 4.16. The summed E-state index contributed by atoms with van der Waals surface area (Å²) in [6.45, 7) is 1.56. The molecule has 0 unspecified atom stereocenters. The Morgan fingerprint density at radius 2 is 2.14 bits per heavy atom. The molecule has 110 valence electrons. The number of aromatic nitrogens is 2. The van der Waals surface area contributed by atoms with Crippen LogP contribution in [0.1, 0.15) is 24.1 Å². The zero-order valence-electron chi connectivity index (χ0n) is 12.1. The van der Waals surface area contributed by atoms with Crippen LogP contribution in [-0.2, 0) is 13.1 Å². The molecule has 1 heterocycles. The summed E-state index contributed by atoms with van der Waals surface area (Å²) in [5.41, 5.74) is 2.15. The highest BCUT2D eigenvalue weighted by atomic mass is 35.5. The molecule has 1 aromatic heterocycles. The minimum atomic E-state index is 0.692. The summed E-state index contributed by atoms with van der Waals surface area (Å²) < 4.78 is 0. The van der Waals surface area contributed by atoms with Crippen LogP contribution in [0.4, 0.5) is 5.82 Å². The van der Waals surface area contributed by atoms with Gasteiger partial charge >= 0.3 is 0 Å². The van der Waals surface area contributed by atoms with Crippen molar-refractivity contribution in [1.82, 2.24) is 15.3 Å². The van der Waals surface area contributed by atoms with Gasteiger partial charge in [0.25, 0.3) is 0 Å². The topological polar surface area (TPSA) is 41.1 Å². The van der Waals surface area contributed by atoms with Crippen molar-refractivity contribution < 1.29 is 0 Å². The number of hydrogen-bond acceptors (Lipinski definition) is 4. The average molecular weight is 303 g/mol. The Morgan fingerprint density at radius 3 is 2.81 bits per heavy atom. The van der Waals surface area contributed by atoms with Crippen molar-refractivity contribution >= 4 is 17.4 Å². The van der Waals surface area contributed by atoms with Gasteiger partial charge in [-0.05, 0) is 30.5 Å². The first kappa shape index (κ1) is 14.3. The highest BCUT2D eigenvalue weighted by Gasteiger charge is 2.20. The molecule has 1 N–H and O–H groups in total. The van der Waals surface area contributed by atoms with Gasteiger partial charge in [0.15, 0.2) is 0 Å². The molecule has 21 heavy (non-hydrogen) atoms. The summed E-state index contributed by atoms with van der Waals surface area (Å²) in [5.74, 6) is 0.866. The van der Waals surface area contributed by atoms with Crippen LogP contribution in [0, 0.1) is 0 Å². The molecule has 4 nitrogen and oxygen atoms in total. The SMILES string of the molecule is CN(Cc1cccc(Cl)c1)c1cnc(CNC2CC2)cn1. The van der Waals surface area contributed by atoms with Gasteiger partial charge in [0.2, 0.25) is 0 Å². The van der Waals surface area contributed by atoms with E-state index >= 15 is 0 Å². The van der Waals surface area contributed by atoms with E-state index < -0.39 is 0 Å². The number of nitrogens with zero attached hydrogens (tertiary/aromatic N) is 3. The second-order valence-electron chi connectivity index (χ2n) is 5.51. The molecular formula is C16H19ClN4. The van der Waals surface area contributed by atoms with Crippen LogP contribution < -0.4 is 10.2 Å². The van der Waals surface area contributed by atoms with E-state index in [1.54, 1.807) is 0 Å². The van der Waals surface area contributed by atoms with Crippen LogP contribution in [0.25, 0.3) is 0 Å². The molecule has 0 aliphatic heterocycles. The lowest BCUT2D eigenvalue weighted by molar-refractivity contribution is 0.671. The standard InChI is InChI=1S/C16H19ClN4/c1-21(11-12-3-2-4-13(17)7-12)16-10-19-15(9-20-16)8-18-14-5-6-14/h2-4,7,9-10,14,18H,5-6,8,11H2,1H3. The van der Waals surface area contributed by atoms with Gasteiger partial charge in [-0.1, -0.05) is 23.7 Å². The molecule has 1 aromatic carbocycles. The van der Waals surface area contributed by atoms with E-state index in [0.717, 1.165) is 35.2 Å². The van der Waals surface area contributed by atoms with Crippen molar-refractivity contribution in [1.29, 1.82) is 0 Å². The van der Waals surface area contributed by atoms with Crippen molar-refractivity contribution in [2.24, 2.45) is 0 Å². The monoisotopic (exact) mass is 302 g/mol. The average Bonchev–Trinajstić information content (AvgIpc) is 3.30. The third-order valence-corrected chi connectivity index (χ3v) is 3.78. The lowest BCUT2D eigenvalue weighted by Gasteiger charge is -2.18. The second-order valence-corrected chi connectivity index (χ2v) is 5.94. The Labute approximate surface area is 130 Å². The number of nitrogens with one attached hydrogen (secondary N) is 1. The largest absolute Gasteiger partial charge is 0.354 e. The molecule has 0 bridgehead atoms. The van der Waals surface area contributed by atoms with Gasteiger partial charge in [0.1, 0.15) is 5.82 Å². The van der Waals surface area contributed by atoms with E-state index in [2.05, 4.69) is 26.3 Å². The first-order valence-electron chi connectivity index (χ1n) is 7.20. The minimum Gasteiger partial charge on any atom is -0.354 e. The fourth-order valence-electron chi connectivity index (χ4n) is 2.16. The summed E-state index contributed by atoms with van der Waals surface area (Å²) in [7, 11) is 2.01. The van der Waals surface area contributed by atoms with Gasteiger partial charge < -0.3 is 10.2 Å². The Kier molecular flexibility index (Phi) is 4.36. The number of anilines is 1. The van der Waals surface area contributed by atoms with E-state index in [1.165, 1.54) is 12.8 Å². The second kappa shape index (κ2) is 6.41. The molecule has 0 spiro atoms. The maximum Gasteiger partial charge on any atom is 0.147 e. The van der Waals surface area contributed by atoms with Gasteiger partial charge in [-0.25, -0.2) is 4.98 Å². The van der Waals surface area contributed by atoms with E-state index in [1.807, 2.05) is 37.6 Å². The van der Waals surface area contributed by atoms with Crippen molar-refractivity contribution in [2.45, 2.75) is 32.0 Å². The number of halogens is 1. The van der Waals surface area contributed by atoms with Crippen molar-refractivity contribution in [3.8, 4) is 0 Å². The van der Waals surface area contributed by atoms with Crippen LogP contribution >= 0.6 is 11.6 Å². The smallest absolute Gasteiger partial charge is 0.147 e. The molecule has 0 amide bonds. The van der Waals surface area contributed by atoms with Crippen LogP contribution in [0.3, 0.4) is 0 Å². The first-order chi connectivity index (χ1) is 10.2. The Balaban J connectivity index is 1.59. The minimum absolute atomic E-state index is 0.692. The Hall–Kier alpha value is -1.65. The third-order valence-electron chi connectivity index (χ3n) is 3.54. The molecular weight excluding hydrogens is 284 g/mol. The molecule has 5 heteroatoms. The molecule has 2 aromatic rings. The summed E-state index contributed by atoms with van der Waals surface area (Å²) in [5, 5.41) is 4.19. The highest BCUT2D eigenvalue weighted by Crippen LogP contribution is 2.19. The molecule has 0 atom stereocenters. The number of benzene rings is 1. The zero-order valence-corrected chi connectivity index (χ0v) is 12.8. The molecule has 1 fully saturated rings. The fourth-order valence-corrected chi connectivity index (χ4v) is 2.38. The van der Waals surface area contributed by atoms with Crippen LogP contribution in [0.15, 0.2) is 36.7 Å². The van der Waals surface area contributed by atoms with Gasteiger partial charge in [-0.3, -0.25) is 4.98 Å². The van der Waals surface area contributed by atoms with Gasteiger partial charge in [-0.15, -0.1) is 0 Å². The molecule has 0 saturated heterocycles. The molecule has 3 rings (SSSR count). The predicted molar refractivity (Wildman–Crippen MR) is 85.5 cm³/mol. The van der Waals surface area contributed by atoms with E-state index in [0.29, 0.717) is 6.04 Å². The summed E-state index contributed by atoms with van der Waals surface area (Å²) >= 11 is 6.01. The van der Waals surface area contributed by atoms with Crippen LogP contribution in [0.2, 0.25) is 5.02 Å². The van der Waals surface area contributed by atoms with E-state index in [-0.39, 0.29) is 0 Å². The van der Waals surface area contributed by atoms with Crippen molar-refractivity contribution in [3.63, 3.8) is 0 Å². The van der Waals surface area contributed by atoms with Crippen molar-refractivity contribution in [3.05, 3.63) is 52.9 Å². The van der Waals surface area contributed by atoms with Gasteiger partial charge in [-0.2, -0.15) is 0 Å². The normalized spacial score (nSPS) is 14.2. The first-order valence-corrected chi connectivity index (χ1v) is 7.58. The molecule has 1 aliphatic rings. The molecule has 1 saturated carbocycles. The maximum atomic E-state index is 6.01. The van der Waals surface area contributed by atoms with E-state index in [9.17, 15) is 0 Å². The lowest BCUT2D eigenvalue weighted by Crippen LogP contribution is -2.19. The Bertz CT molecular complexity index is 595. The van der Waals surface area contributed by atoms with Gasteiger partial charge in [0.05, 0.1) is 18.1 Å². The highest BCUT2D eigenvalue weighted by molar-refractivity contribution is 6.30. The fraction of sp³-hybridized carbons (Fsp3) is 0.375.